The Hall–Kier alpha value is -4.20. The van der Waals surface area contributed by atoms with Gasteiger partial charge in [0.05, 0.1) is 17.8 Å². The molecule has 2 aromatic heterocycles. The summed E-state index contributed by atoms with van der Waals surface area (Å²) in [6, 6.07) is 19.2. The number of rotatable bonds is 5. The van der Waals surface area contributed by atoms with Gasteiger partial charge in [0.1, 0.15) is 11.4 Å². The second-order valence-electron chi connectivity index (χ2n) is 8.31. The van der Waals surface area contributed by atoms with Crippen LogP contribution in [0.5, 0.6) is 0 Å². The number of nitrogens with zero attached hydrogens (tertiary/aromatic N) is 4. The van der Waals surface area contributed by atoms with E-state index in [9.17, 15) is 14.0 Å². The molecule has 0 unspecified atom stereocenters. The topological polar surface area (TPSA) is 72.2 Å². The van der Waals surface area contributed by atoms with Crippen molar-refractivity contribution < 1.29 is 14.0 Å². The van der Waals surface area contributed by atoms with Crippen molar-refractivity contribution in [1.82, 2.24) is 19.2 Å². The van der Waals surface area contributed by atoms with Crippen LogP contribution in [0.25, 0.3) is 11.5 Å². The molecule has 0 saturated carbocycles. The van der Waals surface area contributed by atoms with Crippen LogP contribution in [0.1, 0.15) is 23.2 Å². The molecule has 34 heavy (non-hydrogen) atoms. The molecule has 0 aliphatic carbocycles. The average Bonchev–Trinajstić information content (AvgIpc) is 3.54. The minimum Gasteiger partial charge on any atom is -0.338 e. The molecule has 5 rings (SSSR count). The molecule has 7 nitrogen and oxygen atoms in total. The minimum atomic E-state index is -0.411. The van der Waals surface area contributed by atoms with Gasteiger partial charge in [0.15, 0.2) is 5.82 Å². The van der Waals surface area contributed by atoms with Crippen molar-refractivity contribution in [2.24, 2.45) is 5.92 Å². The molecule has 4 aromatic rings. The number of likely N-dealkylation sites (tertiary alicyclic amines) is 1. The van der Waals surface area contributed by atoms with E-state index < -0.39 is 5.82 Å². The van der Waals surface area contributed by atoms with Crippen LogP contribution in [0.2, 0.25) is 0 Å². The van der Waals surface area contributed by atoms with Crippen LogP contribution >= 0.6 is 0 Å². The minimum absolute atomic E-state index is 0.172. The fraction of sp³-hybridized carbons (Fsp3) is 0.192. The molecule has 1 aliphatic heterocycles. The number of para-hydroxylation sites is 1. The van der Waals surface area contributed by atoms with Gasteiger partial charge in [0, 0.05) is 31.2 Å². The monoisotopic (exact) mass is 457 g/mol. The van der Waals surface area contributed by atoms with Crippen molar-refractivity contribution in [3.8, 4) is 11.5 Å². The zero-order valence-corrected chi connectivity index (χ0v) is 18.5. The lowest BCUT2D eigenvalue weighted by Gasteiger charge is -2.32. The Labute approximate surface area is 196 Å². The normalized spacial score (nSPS) is 15.8. The Morgan fingerprint density at radius 3 is 2.56 bits per heavy atom. The highest BCUT2D eigenvalue weighted by atomic mass is 19.1. The zero-order valence-electron chi connectivity index (χ0n) is 18.5. The van der Waals surface area contributed by atoms with E-state index in [1.165, 1.54) is 12.1 Å². The molecule has 3 heterocycles. The fourth-order valence-corrected chi connectivity index (χ4v) is 4.33. The summed E-state index contributed by atoms with van der Waals surface area (Å²) in [5.74, 6) is -0.526. The maximum absolute atomic E-state index is 13.6. The smallest absolute Gasteiger partial charge is 0.259 e. The van der Waals surface area contributed by atoms with E-state index in [2.05, 4.69) is 10.4 Å². The van der Waals surface area contributed by atoms with Gasteiger partial charge >= 0.3 is 0 Å². The molecule has 0 bridgehead atoms. The number of carbonyl (C=O) groups excluding carboxylic acids is 2. The predicted molar refractivity (Wildman–Crippen MR) is 127 cm³/mol. The summed E-state index contributed by atoms with van der Waals surface area (Å²) in [5, 5.41) is 7.28. The van der Waals surface area contributed by atoms with E-state index in [0.29, 0.717) is 43.0 Å². The van der Waals surface area contributed by atoms with E-state index >= 15 is 0 Å². The van der Waals surface area contributed by atoms with Crippen molar-refractivity contribution in [3.63, 3.8) is 0 Å². The van der Waals surface area contributed by atoms with Gasteiger partial charge in [0.2, 0.25) is 5.91 Å². The third-order valence-corrected chi connectivity index (χ3v) is 6.00. The molecule has 2 aromatic carbocycles. The van der Waals surface area contributed by atoms with Crippen LogP contribution in [0.4, 0.5) is 10.1 Å². The predicted octanol–water partition coefficient (Wildman–Crippen LogP) is 4.29. The molecule has 2 amide bonds. The van der Waals surface area contributed by atoms with Crippen molar-refractivity contribution in [2.45, 2.75) is 12.8 Å². The van der Waals surface area contributed by atoms with E-state index in [0.717, 1.165) is 5.69 Å². The number of hydrogen-bond donors (Lipinski definition) is 1. The van der Waals surface area contributed by atoms with Gasteiger partial charge in [-0.05, 0) is 55.3 Å². The lowest BCUT2D eigenvalue weighted by molar-refractivity contribution is -0.121. The standard InChI is InChI=1S/C26H24FN5O2/c27-20-9-6-10-21(16-20)29-24(33)19-8-7-15-31(18-19)26(34)23-17-28-32(22-11-2-1-3-12-22)25(23)30-13-4-5-14-30/h1-6,9-14,16-17,19H,7-8,15,18H2,(H,29,33)/t19-/m0/s1. The molecule has 172 valence electrons. The maximum atomic E-state index is 13.6. The largest absolute Gasteiger partial charge is 0.338 e. The van der Waals surface area contributed by atoms with Crippen LogP contribution in [0.3, 0.4) is 0 Å². The average molecular weight is 458 g/mol. The molecule has 0 spiro atoms. The highest BCUT2D eigenvalue weighted by Gasteiger charge is 2.31. The number of carbonyl (C=O) groups is 2. The second kappa shape index (κ2) is 9.35. The third-order valence-electron chi connectivity index (χ3n) is 6.00. The number of aromatic nitrogens is 3. The summed E-state index contributed by atoms with van der Waals surface area (Å²) in [7, 11) is 0. The molecule has 1 N–H and O–H groups in total. The Kier molecular flexibility index (Phi) is 5.95. The van der Waals surface area contributed by atoms with E-state index in [1.807, 2.05) is 59.4 Å². The summed E-state index contributed by atoms with van der Waals surface area (Å²) < 4.78 is 17.1. The Balaban J connectivity index is 1.39. The molecule has 1 saturated heterocycles. The van der Waals surface area contributed by atoms with Crippen molar-refractivity contribution >= 4 is 17.5 Å². The number of nitrogens with one attached hydrogen (secondary N) is 1. The first kappa shape index (κ1) is 21.6. The molecule has 0 radical (unpaired) electrons. The summed E-state index contributed by atoms with van der Waals surface area (Å²) in [5.41, 5.74) is 1.72. The van der Waals surface area contributed by atoms with Gasteiger partial charge in [-0.3, -0.25) is 9.59 Å². The zero-order chi connectivity index (χ0) is 23.5. The molecule has 1 aliphatic rings. The first-order valence-corrected chi connectivity index (χ1v) is 11.2. The Morgan fingerprint density at radius 1 is 1.00 bits per heavy atom. The lowest BCUT2D eigenvalue weighted by Crippen LogP contribution is -2.44. The number of amides is 2. The number of benzene rings is 2. The van der Waals surface area contributed by atoms with Crippen LogP contribution in [0.15, 0.2) is 85.3 Å². The van der Waals surface area contributed by atoms with Crippen LogP contribution in [-0.2, 0) is 4.79 Å². The van der Waals surface area contributed by atoms with Gasteiger partial charge in [-0.2, -0.15) is 5.10 Å². The third kappa shape index (κ3) is 4.34. The SMILES string of the molecule is O=C(Nc1cccc(F)c1)[C@H]1CCCN(C(=O)c2cnn(-c3ccccc3)c2-n2cccc2)C1. The molecular formula is C26H24FN5O2. The highest BCUT2D eigenvalue weighted by molar-refractivity contribution is 5.98. The summed E-state index contributed by atoms with van der Waals surface area (Å²) in [6.45, 7) is 0.853. The van der Waals surface area contributed by atoms with Gasteiger partial charge in [-0.1, -0.05) is 24.3 Å². The number of anilines is 1. The number of piperidine rings is 1. The van der Waals surface area contributed by atoms with Crippen LogP contribution in [0, 0.1) is 11.7 Å². The number of hydrogen-bond acceptors (Lipinski definition) is 3. The molecule has 8 heteroatoms. The summed E-state index contributed by atoms with van der Waals surface area (Å²) in [6.07, 6.45) is 6.70. The van der Waals surface area contributed by atoms with Gasteiger partial charge < -0.3 is 14.8 Å². The van der Waals surface area contributed by atoms with Crippen molar-refractivity contribution in [1.29, 1.82) is 0 Å². The van der Waals surface area contributed by atoms with Crippen LogP contribution in [-0.4, -0.2) is 44.2 Å². The van der Waals surface area contributed by atoms with E-state index in [1.54, 1.807) is 27.9 Å². The first-order valence-electron chi connectivity index (χ1n) is 11.2. The van der Waals surface area contributed by atoms with Gasteiger partial charge in [-0.25, -0.2) is 9.07 Å². The van der Waals surface area contributed by atoms with Gasteiger partial charge in [0.25, 0.3) is 5.91 Å². The Bertz CT molecular complexity index is 1300. The first-order chi connectivity index (χ1) is 16.6. The van der Waals surface area contributed by atoms with Crippen LogP contribution < -0.4 is 5.32 Å². The maximum Gasteiger partial charge on any atom is 0.259 e. The number of halogens is 1. The quantitative estimate of drug-likeness (QED) is 0.486. The van der Waals surface area contributed by atoms with Gasteiger partial charge in [-0.15, -0.1) is 0 Å². The Morgan fingerprint density at radius 2 is 1.79 bits per heavy atom. The van der Waals surface area contributed by atoms with E-state index in [-0.39, 0.29) is 17.7 Å². The molecule has 1 atom stereocenters. The lowest BCUT2D eigenvalue weighted by atomic mass is 9.96. The highest BCUT2D eigenvalue weighted by Crippen LogP contribution is 2.25. The second-order valence-corrected chi connectivity index (χ2v) is 8.31. The van der Waals surface area contributed by atoms with Crippen molar-refractivity contribution in [2.75, 3.05) is 18.4 Å². The molecular weight excluding hydrogens is 433 g/mol. The summed E-state index contributed by atoms with van der Waals surface area (Å²) in [4.78, 5) is 28.2. The fourth-order valence-electron chi connectivity index (χ4n) is 4.33. The molecule has 1 fully saturated rings. The van der Waals surface area contributed by atoms with E-state index in [4.69, 9.17) is 0 Å². The van der Waals surface area contributed by atoms with Crippen molar-refractivity contribution in [3.05, 3.63) is 96.7 Å². The summed E-state index contributed by atoms with van der Waals surface area (Å²) >= 11 is 0.